The molecule has 0 atom stereocenters. The van der Waals surface area contributed by atoms with Gasteiger partial charge in [-0.15, -0.1) is 0 Å². The topological polar surface area (TPSA) is 12.5 Å². The third kappa shape index (κ3) is 3.47. The van der Waals surface area contributed by atoms with E-state index >= 15 is 0 Å². The van der Waals surface area contributed by atoms with Crippen molar-refractivity contribution in [2.24, 2.45) is 0 Å². The summed E-state index contributed by atoms with van der Waals surface area (Å²) < 4.78 is 6.62. The molecule has 2 nitrogen and oxygen atoms in total. The highest BCUT2D eigenvalue weighted by Crippen LogP contribution is 2.56. The second-order valence-electron chi connectivity index (χ2n) is 11.4. The molecule has 0 aromatic heterocycles. The monoisotopic (exact) mass is 471 g/mol. The van der Waals surface area contributed by atoms with Gasteiger partial charge in [-0.05, 0) is 72.7 Å². The molecule has 0 saturated carbocycles. The number of fused-ring (bicyclic) bond motifs is 6. The predicted octanol–water partition coefficient (Wildman–Crippen LogP) is 10.1. The quantitative estimate of drug-likeness (QED) is 0.236. The number of nitrogens with zero attached hydrogens (tertiary/aromatic N) is 1. The highest BCUT2D eigenvalue weighted by atomic mass is 16.5. The van der Waals surface area contributed by atoms with Gasteiger partial charge in [0.2, 0.25) is 0 Å². The summed E-state index contributed by atoms with van der Waals surface area (Å²) in [5.74, 6) is 1.79. The Bertz CT molecular complexity index is 1570. The van der Waals surface area contributed by atoms with Crippen molar-refractivity contribution < 1.29 is 4.74 Å². The molecule has 0 N–H and O–H groups in total. The molecule has 5 aromatic carbocycles. The predicted molar refractivity (Wildman–Crippen MR) is 154 cm³/mol. The van der Waals surface area contributed by atoms with Crippen LogP contribution in [0.25, 0.3) is 21.5 Å². The summed E-state index contributed by atoms with van der Waals surface area (Å²) in [4.78, 5) is 2.47. The molecule has 0 radical (unpaired) electrons. The van der Waals surface area contributed by atoms with Crippen molar-refractivity contribution in [3.05, 3.63) is 101 Å². The summed E-state index contributed by atoms with van der Waals surface area (Å²) >= 11 is 0. The van der Waals surface area contributed by atoms with Gasteiger partial charge in [-0.1, -0.05) is 92.6 Å². The number of anilines is 3. The van der Waals surface area contributed by atoms with Crippen molar-refractivity contribution >= 4 is 38.6 Å². The maximum Gasteiger partial charge on any atom is 0.152 e. The smallest absolute Gasteiger partial charge is 0.152 e. The Morgan fingerprint density at radius 2 is 1.03 bits per heavy atom. The van der Waals surface area contributed by atoms with E-state index in [-0.39, 0.29) is 5.41 Å². The lowest BCUT2D eigenvalue weighted by atomic mass is 9.84. The van der Waals surface area contributed by atoms with Crippen LogP contribution in [0.2, 0.25) is 0 Å². The Morgan fingerprint density at radius 1 is 0.556 bits per heavy atom. The Morgan fingerprint density at radius 3 is 1.47 bits per heavy atom. The minimum absolute atomic E-state index is 0.0866. The van der Waals surface area contributed by atoms with E-state index in [2.05, 4.69) is 126 Å². The molecule has 0 unspecified atom stereocenters. The van der Waals surface area contributed by atoms with Gasteiger partial charge in [-0.2, -0.15) is 0 Å². The zero-order valence-electron chi connectivity index (χ0n) is 22.3. The molecule has 2 heteroatoms. The average Bonchev–Trinajstić information content (AvgIpc) is 2.81. The van der Waals surface area contributed by atoms with E-state index in [0.717, 1.165) is 22.9 Å². The van der Waals surface area contributed by atoms with Crippen molar-refractivity contribution in [2.75, 3.05) is 4.90 Å². The van der Waals surface area contributed by atoms with Crippen molar-refractivity contribution in [3.8, 4) is 11.5 Å². The SMILES string of the molecule is Cc1ccc2c3c(ccc2c1)Oc1ccc2cc(C)ccc2c1N3c1c(C)cc(C(C)(C)C)cc1C. The lowest BCUT2D eigenvalue weighted by Crippen LogP contribution is -2.20. The fourth-order valence-corrected chi connectivity index (χ4v) is 5.65. The molecule has 0 saturated heterocycles. The molecule has 36 heavy (non-hydrogen) atoms. The first-order chi connectivity index (χ1) is 17.1. The van der Waals surface area contributed by atoms with Gasteiger partial charge in [-0.3, -0.25) is 0 Å². The highest BCUT2D eigenvalue weighted by Gasteiger charge is 2.32. The molecule has 180 valence electrons. The molecule has 0 aliphatic carbocycles. The molecule has 0 bridgehead atoms. The molecule has 1 heterocycles. The van der Waals surface area contributed by atoms with Gasteiger partial charge in [0.05, 0.1) is 17.1 Å². The van der Waals surface area contributed by atoms with Gasteiger partial charge < -0.3 is 9.64 Å². The standard InChI is InChI=1S/C34H33NO/c1-20-8-12-27-24(16-20)10-14-29-32(27)35(31-22(3)18-26(19-23(31)4)34(5,6)7)33-28-13-9-21(2)17-25(28)11-15-30(33)36-29/h8-19H,1-7H3. The summed E-state index contributed by atoms with van der Waals surface area (Å²) in [5.41, 5.74) is 9.96. The average molecular weight is 472 g/mol. The normalized spacial score (nSPS) is 13.0. The fourth-order valence-electron chi connectivity index (χ4n) is 5.65. The van der Waals surface area contributed by atoms with E-state index in [1.54, 1.807) is 0 Å². The van der Waals surface area contributed by atoms with Crippen molar-refractivity contribution in [3.63, 3.8) is 0 Å². The number of hydrogen-bond acceptors (Lipinski definition) is 2. The van der Waals surface area contributed by atoms with Gasteiger partial charge >= 0.3 is 0 Å². The van der Waals surface area contributed by atoms with Crippen LogP contribution in [-0.4, -0.2) is 0 Å². The van der Waals surface area contributed by atoms with Crippen LogP contribution in [-0.2, 0) is 5.41 Å². The summed E-state index contributed by atoms with van der Waals surface area (Å²) in [6, 6.07) is 26.7. The van der Waals surface area contributed by atoms with Crippen molar-refractivity contribution in [1.82, 2.24) is 0 Å². The highest BCUT2D eigenvalue weighted by molar-refractivity contribution is 6.10. The van der Waals surface area contributed by atoms with E-state index in [1.807, 2.05) is 0 Å². The molecule has 0 fully saturated rings. The van der Waals surface area contributed by atoms with Crippen LogP contribution in [0, 0.1) is 27.7 Å². The minimum atomic E-state index is 0.0866. The lowest BCUT2D eigenvalue weighted by Gasteiger charge is -2.37. The molecular formula is C34H33NO. The molecular weight excluding hydrogens is 438 g/mol. The number of benzene rings is 5. The van der Waals surface area contributed by atoms with Crippen LogP contribution < -0.4 is 9.64 Å². The number of hydrogen-bond donors (Lipinski definition) is 0. The third-order valence-corrected chi connectivity index (χ3v) is 7.47. The Labute approximate surface area is 214 Å². The first-order valence-electron chi connectivity index (χ1n) is 12.8. The first-order valence-corrected chi connectivity index (χ1v) is 12.8. The molecule has 0 spiro atoms. The third-order valence-electron chi connectivity index (χ3n) is 7.47. The van der Waals surface area contributed by atoms with Crippen LogP contribution in [0.15, 0.2) is 72.8 Å². The number of rotatable bonds is 1. The Hall–Kier alpha value is -3.78. The number of aryl methyl sites for hydroxylation is 4. The van der Waals surface area contributed by atoms with E-state index in [9.17, 15) is 0 Å². The maximum atomic E-state index is 6.62. The molecule has 6 rings (SSSR count). The van der Waals surface area contributed by atoms with Gasteiger partial charge in [0, 0.05) is 10.8 Å². The summed E-state index contributed by atoms with van der Waals surface area (Å²) in [6.45, 7) is 15.6. The zero-order chi connectivity index (χ0) is 25.4. The summed E-state index contributed by atoms with van der Waals surface area (Å²) in [6.07, 6.45) is 0. The molecule has 1 aliphatic rings. The largest absolute Gasteiger partial charge is 0.453 e. The van der Waals surface area contributed by atoms with Crippen LogP contribution in [0.3, 0.4) is 0 Å². The second-order valence-corrected chi connectivity index (χ2v) is 11.4. The van der Waals surface area contributed by atoms with Crippen LogP contribution >= 0.6 is 0 Å². The summed E-state index contributed by atoms with van der Waals surface area (Å²) in [7, 11) is 0. The summed E-state index contributed by atoms with van der Waals surface area (Å²) in [5, 5.41) is 4.85. The van der Waals surface area contributed by atoms with Gasteiger partial charge in [0.1, 0.15) is 0 Å². The second kappa shape index (κ2) is 7.86. The van der Waals surface area contributed by atoms with Gasteiger partial charge in [0.15, 0.2) is 11.5 Å². The van der Waals surface area contributed by atoms with E-state index in [4.69, 9.17) is 4.74 Å². The van der Waals surface area contributed by atoms with Gasteiger partial charge in [0.25, 0.3) is 0 Å². The van der Waals surface area contributed by atoms with E-state index in [0.29, 0.717) is 0 Å². The maximum absolute atomic E-state index is 6.62. The molecule has 0 amide bonds. The first kappa shape index (κ1) is 22.7. The van der Waals surface area contributed by atoms with E-state index in [1.165, 1.54) is 55.0 Å². The van der Waals surface area contributed by atoms with Crippen LogP contribution in [0.5, 0.6) is 11.5 Å². The molecule has 1 aliphatic heterocycles. The minimum Gasteiger partial charge on any atom is -0.453 e. The Balaban J connectivity index is 1.74. The van der Waals surface area contributed by atoms with Crippen molar-refractivity contribution in [1.29, 1.82) is 0 Å². The van der Waals surface area contributed by atoms with Gasteiger partial charge in [-0.25, -0.2) is 0 Å². The van der Waals surface area contributed by atoms with Crippen molar-refractivity contribution in [2.45, 2.75) is 53.9 Å². The van der Waals surface area contributed by atoms with Crippen LogP contribution in [0.4, 0.5) is 17.1 Å². The van der Waals surface area contributed by atoms with Crippen LogP contribution in [0.1, 0.15) is 48.6 Å². The molecule has 5 aromatic rings. The zero-order valence-corrected chi connectivity index (χ0v) is 22.3. The lowest BCUT2D eigenvalue weighted by molar-refractivity contribution is 0.478. The fraction of sp³-hybridized carbons (Fsp3) is 0.235. The van der Waals surface area contributed by atoms with E-state index < -0.39 is 0 Å². The Kier molecular flexibility index (Phi) is 4.95. The number of ether oxygens (including phenoxy) is 1.